The highest BCUT2D eigenvalue weighted by molar-refractivity contribution is 6.09. The second-order valence-corrected chi connectivity index (χ2v) is 18.9. The van der Waals surface area contributed by atoms with Crippen LogP contribution in [0.4, 0.5) is 17.1 Å². The van der Waals surface area contributed by atoms with Gasteiger partial charge in [0, 0.05) is 38.8 Å². The molecule has 0 N–H and O–H groups in total. The molecule has 2 atom stereocenters. The van der Waals surface area contributed by atoms with Gasteiger partial charge in [0.15, 0.2) is 0 Å². The highest BCUT2D eigenvalue weighted by Crippen LogP contribution is 2.82. The first-order valence-electron chi connectivity index (χ1n) is 21.2. The zero-order valence-electron chi connectivity index (χ0n) is 32.8. The average molecular weight is 735 g/mol. The van der Waals surface area contributed by atoms with Crippen molar-refractivity contribution >= 4 is 38.9 Å². The Morgan fingerprint density at radius 2 is 1.07 bits per heavy atom. The minimum Gasteiger partial charge on any atom is -0.310 e. The van der Waals surface area contributed by atoms with Crippen molar-refractivity contribution in [2.24, 2.45) is 23.2 Å². The molecule has 1 aromatic heterocycles. The van der Waals surface area contributed by atoms with E-state index < -0.39 is 0 Å². The number of anilines is 3. The normalized spacial score (nSPS) is 25.5. The third kappa shape index (κ3) is 4.26. The Kier molecular flexibility index (Phi) is 6.32. The van der Waals surface area contributed by atoms with Gasteiger partial charge in [0.1, 0.15) is 0 Å². The maximum Gasteiger partial charge on any atom is 0.0541 e. The largest absolute Gasteiger partial charge is 0.310 e. The van der Waals surface area contributed by atoms with Gasteiger partial charge < -0.3 is 9.47 Å². The van der Waals surface area contributed by atoms with Crippen LogP contribution in [0, 0.1) is 23.2 Å². The van der Waals surface area contributed by atoms with Crippen LogP contribution in [-0.4, -0.2) is 4.57 Å². The molecule has 7 aliphatic rings. The lowest BCUT2D eigenvalue weighted by Crippen LogP contribution is -2.73. The number of benzene rings is 7. The Labute approximate surface area is 335 Å². The summed E-state index contributed by atoms with van der Waals surface area (Å²) < 4.78 is 2.44. The van der Waals surface area contributed by atoms with Crippen molar-refractivity contribution in [3.63, 3.8) is 0 Å². The smallest absolute Gasteiger partial charge is 0.0541 e. The van der Waals surface area contributed by atoms with Gasteiger partial charge in [0.2, 0.25) is 0 Å². The van der Waals surface area contributed by atoms with E-state index in [2.05, 4.69) is 187 Å². The van der Waals surface area contributed by atoms with Gasteiger partial charge >= 0.3 is 0 Å². The molecule has 6 fully saturated rings. The molecule has 0 saturated heterocycles. The number of hydrogen-bond acceptors (Lipinski definition) is 1. The molecule has 7 aliphatic carbocycles. The Balaban J connectivity index is 0.926. The van der Waals surface area contributed by atoms with E-state index in [1.54, 1.807) is 5.56 Å². The lowest BCUT2D eigenvalue weighted by Gasteiger charge is -2.80. The van der Waals surface area contributed by atoms with E-state index in [9.17, 15) is 0 Å². The fraction of sp³-hybridized carbons (Fsp3) is 0.236. The van der Waals surface area contributed by atoms with E-state index in [1.165, 1.54) is 110 Å². The summed E-state index contributed by atoms with van der Waals surface area (Å²) in [6.07, 6.45) is 7.28. The Morgan fingerprint density at radius 3 is 1.75 bits per heavy atom. The molecule has 6 saturated carbocycles. The molecule has 0 unspecified atom stereocenters. The number of hydrogen-bond donors (Lipinski definition) is 0. The number of para-hydroxylation sites is 3. The number of fused-ring (bicyclic) bond motifs is 6. The summed E-state index contributed by atoms with van der Waals surface area (Å²) in [6, 6.07) is 61.8. The molecule has 276 valence electrons. The standard InChI is InChI=1S/C55H46N2/c1-53(2)47-15-7-3-12-43(47)46-29-41(27-28-48(46)53)56(40-25-21-38(22-26-40)54-30-36-32-55(34-54)33-37(31-54)52(36)55)39-23-19-35(20-24-39)42-11-4-8-16-49(42)57-50-17-9-5-13-44(50)45-14-6-10-18-51(45)57/h3-29,36-37,52H,30-34H2,1-2H3/t36-,37-,52?,54?,55?/m1/s1. The predicted octanol–water partition coefficient (Wildman–Crippen LogP) is 14.3. The number of nitrogens with zero attached hydrogens (tertiary/aromatic N) is 2. The summed E-state index contributed by atoms with van der Waals surface area (Å²) in [5.41, 5.74) is 17.9. The molecule has 2 nitrogen and oxygen atoms in total. The van der Waals surface area contributed by atoms with Crippen LogP contribution in [-0.2, 0) is 10.8 Å². The van der Waals surface area contributed by atoms with E-state index >= 15 is 0 Å². The fourth-order valence-corrected chi connectivity index (χ4v) is 13.8. The molecule has 0 radical (unpaired) electrons. The van der Waals surface area contributed by atoms with Gasteiger partial charge in [-0.15, -0.1) is 0 Å². The number of rotatable bonds is 6. The summed E-state index contributed by atoms with van der Waals surface area (Å²) in [7, 11) is 0. The topological polar surface area (TPSA) is 8.17 Å². The van der Waals surface area contributed by atoms with Crippen molar-refractivity contribution in [2.75, 3.05) is 4.90 Å². The molecule has 1 heterocycles. The average Bonchev–Trinajstić information content (AvgIpc) is 3.69. The van der Waals surface area contributed by atoms with Gasteiger partial charge in [-0.2, -0.15) is 0 Å². The third-order valence-electron chi connectivity index (χ3n) is 15.8. The van der Waals surface area contributed by atoms with E-state index in [0.29, 0.717) is 10.8 Å². The van der Waals surface area contributed by atoms with Crippen molar-refractivity contribution in [1.82, 2.24) is 4.57 Å². The summed E-state index contributed by atoms with van der Waals surface area (Å²) in [5.74, 6) is 3.04. The van der Waals surface area contributed by atoms with E-state index in [1.807, 2.05) is 0 Å². The summed E-state index contributed by atoms with van der Waals surface area (Å²) in [5, 5.41) is 2.56. The molecule has 5 bridgehead atoms. The van der Waals surface area contributed by atoms with Crippen LogP contribution in [0.3, 0.4) is 0 Å². The van der Waals surface area contributed by atoms with Crippen molar-refractivity contribution in [3.8, 4) is 27.9 Å². The van der Waals surface area contributed by atoms with Crippen LogP contribution in [0.5, 0.6) is 0 Å². The molecule has 7 aromatic carbocycles. The van der Waals surface area contributed by atoms with Gasteiger partial charge in [-0.3, -0.25) is 0 Å². The second-order valence-electron chi connectivity index (χ2n) is 18.9. The van der Waals surface area contributed by atoms with Crippen LogP contribution < -0.4 is 4.90 Å². The molecule has 15 rings (SSSR count). The van der Waals surface area contributed by atoms with E-state index in [4.69, 9.17) is 0 Å². The Hall–Kier alpha value is -5.86. The molecule has 0 amide bonds. The molecule has 57 heavy (non-hydrogen) atoms. The highest BCUT2D eigenvalue weighted by Gasteiger charge is 2.75. The van der Waals surface area contributed by atoms with E-state index in [0.717, 1.165) is 17.8 Å². The molecule has 1 spiro atoms. The fourth-order valence-electron chi connectivity index (χ4n) is 13.8. The Morgan fingerprint density at radius 1 is 0.509 bits per heavy atom. The summed E-state index contributed by atoms with van der Waals surface area (Å²) >= 11 is 0. The first-order chi connectivity index (χ1) is 27.9. The summed E-state index contributed by atoms with van der Waals surface area (Å²) in [6.45, 7) is 4.74. The van der Waals surface area contributed by atoms with Crippen LogP contribution in [0.25, 0.3) is 49.7 Å². The highest BCUT2D eigenvalue weighted by atomic mass is 15.1. The minimum atomic E-state index is -0.0262. The molecular weight excluding hydrogens is 689 g/mol. The van der Waals surface area contributed by atoms with Crippen LogP contribution in [0.2, 0.25) is 0 Å². The van der Waals surface area contributed by atoms with Crippen molar-refractivity contribution in [3.05, 3.63) is 180 Å². The second kappa shape index (κ2) is 11.2. The third-order valence-corrected chi connectivity index (χ3v) is 15.8. The molecule has 0 aliphatic heterocycles. The van der Waals surface area contributed by atoms with E-state index in [-0.39, 0.29) is 5.41 Å². The quantitative estimate of drug-likeness (QED) is 0.165. The van der Waals surface area contributed by atoms with Crippen molar-refractivity contribution < 1.29 is 0 Å². The first kappa shape index (κ1) is 32.2. The zero-order chi connectivity index (χ0) is 37.7. The lowest BCUT2D eigenvalue weighted by molar-refractivity contribution is -0.288. The minimum absolute atomic E-state index is 0.0262. The monoisotopic (exact) mass is 734 g/mol. The van der Waals surface area contributed by atoms with Gasteiger partial charge in [-0.05, 0) is 149 Å². The molecular formula is C55H46N2. The van der Waals surface area contributed by atoms with Crippen LogP contribution in [0.1, 0.15) is 62.6 Å². The van der Waals surface area contributed by atoms with Gasteiger partial charge in [0.25, 0.3) is 0 Å². The zero-order valence-corrected chi connectivity index (χ0v) is 32.8. The number of aromatic nitrogens is 1. The van der Waals surface area contributed by atoms with Crippen LogP contribution in [0.15, 0.2) is 164 Å². The Bertz CT molecular complexity index is 2870. The lowest BCUT2D eigenvalue weighted by atomic mass is 9.24. The molecule has 8 aromatic rings. The maximum atomic E-state index is 2.51. The first-order valence-corrected chi connectivity index (χ1v) is 21.2. The SMILES string of the molecule is CC1(C)c2ccccc2-c2cc(N(c3ccc(-c4ccccc4-n4c5ccccc5c5ccccc54)cc3)c3ccc(C45C[C@@H]6CC7(C[C@@H](C4)C67)C5)cc3)ccc21. The van der Waals surface area contributed by atoms with Gasteiger partial charge in [-0.1, -0.05) is 123 Å². The van der Waals surface area contributed by atoms with Gasteiger partial charge in [0.05, 0.1) is 16.7 Å². The maximum absolute atomic E-state index is 2.51. The predicted molar refractivity (Wildman–Crippen MR) is 236 cm³/mol. The molecule has 2 heteroatoms. The van der Waals surface area contributed by atoms with Crippen molar-refractivity contribution in [1.29, 1.82) is 0 Å². The van der Waals surface area contributed by atoms with Crippen LogP contribution >= 0.6 is 0 Å². The van der Waals surface area contributed by atoms with Gasteiger partial charge in [-0.25, -0.2) is 0 Å². The summed E-state index contributed by atoms with van der Waals surface area (Å²) in [4.78, 5) is 2.49. The van der Waals surface area contributed by atoms with Crippen molar-refractivity contribution in [2.45, 2.75) is 56.8 Å².